The maximum Gasteiger partial charge on any atom is 0.241 e. The topological polar surface area (TPSA) is 122 Å². The predicted octanol–water partition coefficient (Wildman–Crippen LogP) is 6.80. The summed E-state index contributed by atoms with van der Waals surface area (Å²) in [7, 11) is -2.10. The van der Waals surface area contributed by atoms with Gasteiger partial charge in [-0.05, 0) is 36.1 Å². The minimum atomic E-state index is -3.67. The van der Waals surface area contributed by atoms with Gasteiger partial charge >= 0.3 is 0 Å². The molecule has 2 aromatic heterocycles. The molecule has 222 valence electrons. The van der Waals surface area contributed by atoms with Gasteiger partial charge in [0.1, 0.15) is 11.6 Å². The number of aromatic amines is 1. The van der Waals surface area contributed by atoms with Crippen molar-refractivity contribution in [1.29, 1.82) is 0 Å². The van der Waals surface area contributed by atoms with Gasteiger partial charge in [-0.2, -0.15) is 0 Å². The second-order valence-corrected chi connectivity index (χ2v) is 12.1. The number of nitrogens with zero attached hydrogens (tertiary/aromatic N) is 3. The molecule has 0 amide bonds. The van der Waals surface area contributed by atoms with E-state index in [-0.39, 0.29) is 11.4 Å². The first kappa shape index (κ1) is 29.3. The molecular weight excluding hydrogens is 596 g/mol. The first-order valence-electron chi connectivity index (χ1n) is 14.0. The fourth-order valence-electron chi connectivity index (χ4n) is 4.89. The third kappa shape index (κ3) is 6.28. The van der Waals surface area contributed by atoms with Crippen LogP contribution in [-0.4, -0.2) is 48.6 Å². The molecule has 0 fully saturated rings. The number of H-pyrrole nitrogens is 1. The van der Waals surface area contributed by atoms with Crippen molar-refractivity contribution in [1.82, 2.24) is 24.7 Å². The molecule has 0 saturated carbocycles. The Kier molecular flexibility index (Phi) is 8.56. The van der Waals surface area contributed by atoms with Crippen molar-refractivity contribution in [2.24, 2.45) is 0 Å². The van der Waals surface area contributed by atoms with Crippen molar-refractivity contribution in [3.63, 3.8) is 0 Å². The van der Waals surface area contributed by atoms with Crippen LogP contribution in [-0.2, 0) is 10.0 Å². The van der Waals surface area contributed by atoms with Crippen LogP contribution in [0.2, 0.25) is 5.02 Å². The number of nitrogens with one attached hydrogen (secondary N) is 3. The second-order valence-electron chi connectivity index (χ2n) is 9.95. The van der Waals surface area contributed by atoms with Gasteiger partial charge in [0.2, 0.25) is 16.0 Å². The lowest BCUT2D eigenvalue weighted by molar-refractivity contribution is 0.415. The molecule has 0 atom stereocenters. The van der Waals surface area contributed by atoms with Crippen molar-refractivity contribution < 1.29 is 13.2 Å². The smallest absolute Gasteiger partial charge is 0.241 e. The summed E-state index contributed by atoms with van der Waals surface area (Å²) in [4.78, 5) is 17.7. The number of imidazole rings is 1. The number of aromatic nitrogens is 4. The van der Waals surface area contributed by atoms with E-state index in [2.05, 4.69) is 20.0 Å². The van der Waals surface area contributed by atoms with Crippen LogP contribution in [0, 0.1) is 0 Å². The number of ether oxygens (including phenoxy) is 1. The zero-order valence-electron chi connectivity index (χ0n) is 23.8. The van der Waals surface area contributed by atoms with E-state index < -0.39 is 10.0 Å². The molecule has 44 heavy (non-hydrogen) atoms. The van der Waals surface area contributed by atoms with Gasteiger partial charge < -0.3 is 15.0 Å². The Labute approximate surface area is 260 Å². The third-order valence-electron chi connectivity index (χ3n) is 7.06. The predicted molar refractivity (Wildman–Crippen MR) is 174 cm³/mol. The highest BCUT2D eigenvalue weighted by atomic mass is 35.5. The first-order valence-corrected chi connectivity index (χ1v) is 15.8. The van der Waals surface area contributed by atoms with Crippen molar-refractivity contribution in [2.75, 3.05) is 25.5 Å². The standard InChI is InChI=1S/C33H29ClN6O3S/c1-43-28-21-24(15-16-26(28)34)30-31(40-32(39-30)23-10-3-2-4-11-23)27-17-20-36-33(38-27)35-18-8-19-37-44(41,42)29-14-7-12-22-9-5-6-13-25(22)29/h2-7,9-17,20-21,37H,8,18-19H2,1H3,(H,39,40)(H,35,36,38). The van der Waals surface area contributed by atoms with Gasteiger partial charge in [-0.3, -0.25) is 0 Å². The summed E-state index contributed by atoms with van der Waals surface area (Å²) in [5, 5.41) is 5.28. The van der Waals surface area contributed by atoms with E-state index in [9.17, 15) is 8.42 Å². The number of fused-ring (bicyclic) bond motifs is 1. The maximum atomic E-state index is 13.0. The van der Waals surface area contributed by atoms with Crippen LogP contribution in [0.4, 0.5) is 5.95 Å². The van der Waals surface area contributed by atoms with E-state index in [1.807, 2.05) is 78.9 Å². The lowest BCUT2D eigenvalue weighted by Gasteiger charge is -2.10. The van der Waals surface area contributed by atoms with Crippen molar-refractivity contribution in [2.45, 2.75) is 11.3 Å². The van der Waals surface area contributed by atoms with E-state index in [0.29, 0.717) is 58.0 Å². The van der Waals surface area contributed by atoms with E-state index in [1.165, 1.54) is 0 Å². The largest absolute Gasteiger partial charge is 0.495 e. The molecule has 0 aliphatic rings. The monoisotopic (exact) mass is 624 g/mol. The number of hydrogen-bond donors (Lipinski definition) is 3. The van der Waals surface area contributed by atoms with E-state index in [1.54, 1.807) is 31.5 Å². The summed E-state index contributed by atoms with van der Waals surface area (Å²) in [5.74, 6) is 1.64. The molecule has 0 unspecified atom stereocenters. The molecule has 0 spiro atoms. The molecule has 0 bridgehead atoms. The molecule has 0 saturated heterocycles. The molecule has 0 radical (unpaired) electrons. The maximum absolute atomic E-state index is 13.0. The Hall–Kier alpha value is -4.77. The number of hydrogen-bond acceptors (Lipinski definition) is 7. The lowest BCUT2D eigenvalue weighted by atomic mass is 10.1. The number of methoxy groups -OCH3 is 1. The first-order chi connectivity index (χ1) is 21.4. The zero-order chi connectivity index (χ0) is 30.5. The molecule has 0 aliphatic heterocycles. The molecule has 3 N–H and O–H groups in total. The Morgan fingerprint density at radius 3 is 2.50 bits per heavy atom. The van der Waals surface area contributed by atoms with E-state index in [0.717, 1.165) is 16.5 Å². The van der Waals surface area contributed by atoms with Gasteiger partial charge in [-0.1, -0.05) is 84.4 Å². The van der Waals surface area contributed by atoms with Gasteiger partial charge in [0.05, 0.1) is 34.1 Å². The number of sulfonamides is 1. The molecule has 2 heterocycles. The van der Waals surface area contributed by atoms with E-state index in [4.69, 9.17) is 26.3 Å². The van der Waals surface area contributed by atoms with Gasteiger partial charge in [-0.15, -0.1) is 0 Å². The van der Waals surface area contributed by atoms with Crippen LogP contribution in [0.15, 0.2) is 108 Å². The van der Waals surface area contributed by atoms with E-state index >= 15 is 0 Å². The SMILES string of the molecule is COc1cc(-c2nc(-c3ccccc3)[nH]c2-c2ccnc(NCCCNS(=O)(=O)c3cccc4ccccc34)n2)ccc1Cl. The molecular formula is C33H29ClN6O3S. The van der Waals surface area contributed by atoms with Crippen LogP contribution >= 0.6 is 11.6 Å². The quantitative estimate of drug-likeness (QED) is 0.136. The summed E-state index contributed by atoms with van der Waals surface area (Å²) < 4.78 is 34.2. The fraction of sp³-hybridized carbons (Fsp3) is 0.121. The van der Waals surface area contributed by atoms with Crippen molar-refractivity contribution in [3.8, 4) is 39.8 Å². The summed E-state index contributed by atoms with van der Waals surface area (Å²) in [6.45, 7) is 0.711. The number of rotatable bonds is 11. The summed E-state index contributed by atoms with van der Waals surface area (Å²) >= 11 is 6.29. The van der Waals surface area contributed by atoms with Crippen molar-refractivity contribution in [3.05, 3.63) is 108 Å². The van der Waals surface area contributed by atoms with Gasteiger partial charge in [-0.25, -0.2) is 28.1 Å². The highest BCUT2D eigenvalue weighted by Crippen LogP contribution is 2.36. The zero-order valence-corrected chi connectivity index (χ0v) is 25.4. The van der Waals surface area contributed by atoms with Gasteiger partial charge in [0.15, 0.2) is 0 Å². The second kappa shape index (κ2) is 12.8. The highest BCUT2D eigenvalue weighted by molar-refractivity contribution is 7.89. The molecule has 6 rings (SSSR count). The molecule has 4 aromatic carbocycles. The van der Waals surface area contributed by atoms with Crippen LogP contribution < -0.4 is 14.8 Å². The number of anilines is 1. The Morgan fingerprint density at radius 2 is 1.66 bits per heavy atom. The fourth-order valence-corrected chi connectivity index (χ4v) is 6.39. The Balaban J connectivity index is 1.18. The molecule has 11 heteroatoms. The number of halogens is 1. The van der Waals surface area contributed by atoms with Gasteiger partial charge in [0.25, 0.3) is 0 Å². The molecule has 6 aromatic rings. The average molecular weight is 625 g/mol. The highest BCUT2D eigenvalue weighted by Gasteiger charge is 2.19. The molecule has 0 aliphatic carbocycles. The van der Waals surface area contributed by atoms with Crippen LogP contribution in [0.3, 0.4) is 0 Å². The van der Waals surface area contributed by atoms with Crippen LogP contribution in [0.5, 0.6) is 5.75 Å². The lowest BCUT2D eigenvalue weighted by Crippen LogP contribution is -2.26. The summed E-state index contributed by atoms with van der Waals surface area (Å²) in [6.07, 6.45) is 2.19. The average Bonchev–Trinajstić information content (AvgIpc) is 3.51. The molecule has 9 nitrogen and oxygen atoms in total. The minimum absolute atomic E-state index is 0.252. The Bertz CT molecular complexity index is 2030. The summed E-state index contributed by atoms with van der Waals surface area (Å²) in [6, 6.07) is 29.8. The van der Waals surface area contributed by atoms with Crippen molar-refractivity contribution >= 4 is 38.3 Å². The number of benzene rings is 4. The summed E-state index contributed by atoms with van der Waals surface area (Å²) in [5.41, 5.74) is 3.77. The minimum Gasteiger partial charge on any atom is -0.495 e. The van der Waals surface area contributed by atoms with Crippen LogP contribution in [0.1, 0.15) is 6.42 Å². The van der Waals surface area contributed by atoms with Crippen LogP contribution in [0.25, 0.3) is 44.8 Å². The third-order valence-corrected chi connectivity index (χ3v) is 8.89. The normalized spacial score (nSPS) is 11.5. The van der Waals surface area contributed by atoms with Gasteiger partial charge in [0, 0.05) is 35.8 Å². The Morgan fingerprint density at radius 1 is 0.864 bits per heavy atom.